The number of allylic oxidation sites excluding steroid dienone is 2. The molecule has 2 aromatic carbocycles. The van der Waals surface area contributed by atoms with E-state index in [-0.39, 0.29) is 0 Å². The van der Waals surface area contributed by atoms with Crippen LogP contribution >= 0.6 is 11.6 Å². The molecule has 0 nitrogen and oxygen atoms in total. The topological polar surface area (TPSA) is 0 Å². The van der Waals surface area contributed by atoms with E-state index in [1.807, 2.05) is 48.6 Å². The highest BCUT2D eigenvalue weighted by Gasteiger charge is 1.95. The van der Waals surface area contributed by atoms with Gasteiger partial charge in [0.25, 0.3) is 0 Å². The third-order valence-electron chi connectivity index (χ3n) is 2.66. The van der Waals surface area contributed by atoms with Crippen LogP contribution in [-0.4, -0.2) is 0 Å². The van der Waals surface area contributed by atoms with E-state index in [2.05, 4.69) is 31.2 Å². The Hall–Kier alpha value is -1.79. The lowest BCUT2D eigenvalue weighted by Crippen LogP contribution is -1.77. The van der Waals surface area contributed by atoms with Crippen LogP contribution in [0.3, 0.4) is 0 Å². The summed E-state index contributed by atoms with van der Waals surface area (Å²) in [4.78, 5) is 0. The van der Waals surface area contributed by atoms with Crippen LogP contribution in [0, 0.1) is 6.92 Å². The van der Waals surface area contributed by atoms with Crippen LogP contribution < -0.4 is 0 Å². The smallest absolute Gasteiger partial charge is 0.0478 e. The zero-order valence-electron chi connectivity index (χ0n) is 10.3. The van der Waals surface area contributed by atoms with Crippen molar-refractivity contribution in [3.63, 3.8) is 0 Å². The van der Waals surface area contributed by atoms with Crippen molar-refractivity contribution in [3.8, 4) is 0 Å². The van der Waals surface area contributed by atoms with Crippen molar-refractivity contribution >= 4 is 22.7 Å². The van der Waals surface area contributed by atoms with Crippen molar-refractivity contribution in [1.29, 1.82) is 0 Å². The van der Waals surface area contributed by atoms with E-state index in [9.17, 15) is 0 Å². The van der Waals surface area contributed by atoms with E-state index in [4.69, 9.17) is 11.6 Å². The first kappa shape index (κ1) is 12.7. The Kier molecular flexibility index (Phi) is 4.38. The van der Waals surface area contributed by atoms with Gasteiger partial charge in [-0.05, 0) is 24.1 Å². The van der Waals surface area contributed by atoms with Crippen molar-refractivity contribution in [2.45, 2.75) is 6.92 Å². The molecule has 0 aliphatic heterocycles. The Morgan fingerprint density at radius 3 is 2.28 bits per heavy atom. The molecule has 0 spiro atoms. The molecule has 0 bridgehead atoms. The highest BCUT2D eigenvalue weighted by atomic mass is 35.5. The SMILES string of the molecule is Cc1ccc(/C(Cl)=C/C=C/c2ccccc2)cc1. The zero-order chi connectivity index (χ0) is 12.8. The predicted molar refractivity (Wildman–Crippen MR) is 80.5 cm³/mol. The molecule has 0 heterocycles. The van der Waals surface area contributed by atoms with Crippen molar-refractivity contribution < 1.29 is 0 Å². The van der Waals surface area contributed by atoms with Crippen LogP contribution in [0.15, 0.2) is 66.7 Å². The van der Waals surface area contributed by atoms with Gasteiger partial charge in [0.1, 0.15) is 0 Å². The maximum atomic E-state index is 6.23. The lowest BCUT2D eigenvalue weighted by molar-refractivity contribution is 1.46. The number of hydrogen-bond donors (Lipinski definition) is 0. The second-order valence-electron chi connectivity index (χ2n) is 4.15. The summed E-state index contributed by atoms with van der Waals surface area (Å²) in [7, 11) is 0. The first-order chi connectivity index (χ1) is 8.75. The summed E-state index contributed by atoms with van der Waals surface area (Å²) in [5.74, 6) is 0. The quantitative estimate of drug-likeness (QED) is 0.653. The van der Waals surface area contributed by atoms with Crippen molar-refractivity contribution in [2.24, 2.45) is 0 Å². The van der Waals surface area contributed by atoms with Gasteiger partial charge in [0.2, 0.25) is 0 Å². The van der Waals surface area contributed by atoms with Crippen LogP contribution in [-0.2, 0) is 0 Å². The standard InChI is InChI=1S/C17H15Cl/c1-14-10-12-16(13-11-14)17(18)9-5-8-15-6-3-2-4-7-15/h2-13H,1H3/b8-5+,17-9-. The molecule has 0 unspecified atom stereocenters. The Balaban J connectivity index is 2.10. The van der Waals surface area contributed by atoms with Gasteiger partial charge in [-0.25, -0.2) is 0 Å². The van der Waals surface area contributed by atoms with E-state index in [0.29, 0.717) is 0 Å². The van der Waals surface area contributed by atoms with Crippen LogP contribution in [0.2, 0.25) is 0 Å². The van der Waals surface area contributed by atoms with Crippen LogP contribution in [0.1, 0.15) is 16.7 Å². The van der Waals surface area contributed by atoms with E-state index in [0.717, 1.165) is 10.6 Å². The fraction of sp³-hybridized carbons (Fsp3) is 0.0588. The number of halogens is 1. The van der Waals surface area contributed by atoms with Crippen LogP contribution in [0.4, 0.5) is 0 Å². The normalized spacial score (nSPS) is 12.0. The van der Waals surface area contributed by atoms with Gasteiger partial charge in [-0.15, -0.1) is 0 Å². The molecule has 2 aromatic rings. The fourth-order valence-electron chi connectivity index (χ4n) is 1.62. The summed E-state index contributed by atoms with van der Waals surface area (Å²) in [5, 5.41) is 0.752. The Morgan fingerprint density at radius 1 is 0.944 bits per heavy atom. The summed E-state index contributed by atoms with van der Waals surface area (Å²) in [6.07, 6.45) is 5.92. The molecule has 18 heavy (non-hydrogen) atoms. The Morgan fingerprint density at radius 2 is 1.61 bits per heavy atom. The maximum absolute atomic E-state index is 6.23. The molecule has 0 saturated carbocycles. The monoisotopic (exact) mass is 254 g/mol. The number of hydrogen-bond acceptors (Lipinski definition) is 0. The first-order valence-corrected chi connectivity index (χ1v) is 6.29. The number of rotatable bonds is 3. The lowest BCUT2D eigenvalue weighted by atomic mass is 10.1. The molecule has 0 saturated heterocycles. The van der Waals surface area contributed by atoms with E-state index in [1.54, 1.807) is 0 Å². The van der Waals surface area contributed by atoms with E-state index in [1.165, 1.54) is 11.1 Å². The average molecular weight is 255 g/mol. The second-order valence-corrected chi connectivity index (χ2v) is 4.56. The van der Waals surface area contributed by atoms with Crippen molar-refractivity contribution in [1.82, 2.24) is 0 Å². The predicted octanol–water partition coefficient (Wildman–Crippen LogP) is 5.29. The molecule has 0 atom stereocenters. The number of aryl methyl sites for hydroxylation is 1. The molecule has 0 radical (unpaired) electrons. The molecule has 0 aliphatic rings. The van der Waals surface area contributed by atoms with Gasteiger partial charge in [0.05, 0.1) is 0 Å². The molecule has 90 valence electrons. The molecular weight excluding hydrogens is 240 g/mol. The largest absolute Gasteiger partial charge is 0.0837 e. The summed E-state index contributed by atoms with van der Waals surface area (Å²) < 4.78 is 0. The Labute approximate surface area is 113 Å². The molecular formula is C17H15Cl. The summed E-state index contributed by atoms with van der Waals surface area (Å²) in [6, 6.07) is 18.4. The van der Waals surface area contributed by atoms with Gasteiger partial charge in [-0.3, -0.25) is 0 Å². The van der Waals surface area contributed by atoms with Gasteiger partial charge >= 0.3 is 0 Å². The van der Waals surface area contributed by atoms with Crippen molar-refractivity contribution in [2.75, 3.05) is 0 Å². The van der Waals surface area contributed by atoms with Gasteiger partial charge in [0, 0.05) is 5.03 Å². The van der Waals surface area contributed by atoms with Gasteiger partial charge in [-0.2, -0.15) is 0 Å². The summed E-state index contributed by atoms with van der Waals surface area (Å²) >= 11 is 6.23. The van der Waals surface area contributed by atoms with Gasteiger partial charge < -0.3 is 0 Å². The third-order valence-corrected chi connectivity index (χ3v) is 3.00. The molecule has 0 aromatic heterocycles. The van der Waals surface area contributed by atoms with Crippen molar-refractivity contribution in [3.05, 3.63) is 83.4 Å². The molecule has 0 aliphatic carbocycles. The van der Waals surface area contributed by atoms with Crippen LogP contribution in [0.25, 0.3) is 11.1 Å². The summed E-state index contributed by atoms with van der Waals surface area (Å²) in [5.41, 5.74) is 3.45. The average Bonchev–Trinajstić information content (AvgIpc) is 2.40. The fourth-order valence-corrected chi connectivity index (χ4v) is 1.82. The lowest BCUT2D eigenvalue weighted by Gasteiger charge is -1.98. The highest BCUT2D eigenvalue weighted by molar-refractivity contribution is 6.48. The highest BCUT2D eigenvalue weighted by Crippen LogP contribution is 2.19. The zero-order valence-corrected chi connectivity index (χ0v) is 11.1. The molecule has 0 amide bonds. The second kappa shape index (κ2) is 6.23. The van der Waals surface area contributed by atoms with Gasteiger partial charge in [-0.1, -0.05) is 83.9 Å². The third kappa shape index (κ3) is 3.61. The Bertz CT molecular complexity index is 548. The number of benzene rings is 2. The van der Waals surface area contributed by atoms with Crippen LogP contribution in [0.5, 0.6) is 0 Å². The molecule has 1 heteroatoms. The molecule has 2 rings (SSSR count). The summed E-state index contributed by atoms with van der Waals surface area (Å²) in [6.45, 7) is 2.07. The minimum atomic E-state index is 0.752. The van der Waals surface area contributed by atoms with E-state index >= 15 is 0 Å². The molecule has 0 N–H and O–H groups in total. The van der Waals surface area contributed by atoms with Gasteiger partial charge in [0.15, 0.2) is 0 Å². The first-order valence-electron chi connectivity index (χ1n) is 5.92. The maximum Gasteiger partial charge on any atom is 0.0478 e. The minimum Gasteiger partial charge on any atom is -0.0837 e. The minimum absolute atomic E-state index is 0.752. The molecule has 0 fully saturated rings. The van der Waals surface area contributed by atoms with E-state index < -0.39 is 0 Å².